The SMILES string of the molecule is FC(F)(F)C(F)(F)c1ccccc1Nc1ccccc1. The van der Waals surface area contributed by atoms with Crippen LogP contribution in [0.2, 0.25) is 0 Å². The first-order chi connectivity index (χ1) is 9.32. The van der Waals surface area contributed by atoms with Crippen LogP contribution in [-0.2, 0) is 5.92 Å². The maximum atomic E-state index is 13.5. The fourth-order valence-corrected chi connectivity index (χ4v) is 1.70. The molecule has 2 rings (SSSR count). The summed E-state index contributed by atoms with van der Waals surface area (Å²) in [6.45, 7) is 0. The quantitative estimate of drug-likeness (QED) is 0.776. The molecule has 0 aliphatic carbocycles. The summed E-state index contributed by atoms with van der Waals surface area (Å²) in [7, 11) is 0. The number of hydrogen-bond donors (Lipinski definition) is 1. The second kappa shape index (κ2) is 5.11. The molecule has 0 amide bonds. The van der Waals surface area contributed by atoms with Crippen molar-refractivity contribution in [2.45, 2.75) is 12.1 Å². The summed E-state index contributed by atoms with van der Waals surface area (Å²) in [4.78, 5) is 0. The molecule has 0 aliphatic rings. The van der Waals surface area contributed by atoms with Gasteiger partial charge in [0.2, 0.25) is 0 Å². The smallest absolute Gasteiger partial charge is 0.355 e. The highest BCUT2D eigenvalue weighted by molar-refractivity contribution is 5.64. The van der Waals surface area contributed by atoms with Crippen LogP contribution in [0.25, 0.3) is 0 Å². The lowest BCUT2D eigenvalue weighted by Gasteiger charge is -2.23. The van der Waals surface area contributed by atoms with Crippen LogP contribution in [0.5, 0.6) is 0 Å². The second-order valence-corrected chi connectivity index (χ2v) is 4.11. The normalized spacial score (nSPS) is 12.2. The summed E-state index contributed by atoms with van der Waals surface area (Å²) in [5.41, 5.74) is -0.949. The molecule has 0 spiro atoms. The summed E-state index contributed by atoms with van der Waals surface area (Å²) in [5.74, 6) is -4.91. The van der Waals surface area contributed by atoms with Crippen molar-refractivity contribution in [1.29, 1.82) is 0 Å². The molecule has 20 heavy (non-hydrogen) atoms. The number of benzene rings is 2. The standard InChI is InChI=1S/C14H10F5N/c15-13(16,14(17,18)19)11-8-4-5-9-12(11)20-10-6-2-1-3-7-10/h1-9,20H. The number of alkyl halides is 5. The Morgan fingerprint density at radius 1 is 0.700 bits per heavy atom. The van der Waals surface area contributed by atoms with Crippen LogP contribution in [0.1, 0.15) is 5.56 Å². The van der Waals surface area contributed by atoms with Crippen LogP contribution in [-0.4, -0.2) is 6.18 Å². The van der Waals surface area contributed by atoms with Gasteiger partial charge in [0, 0.05) is 11.4 Å². The lowest BCUT2D eigenvalue weighted by molar-refractivity contribution is -0.289. The lowest BCUT2D eigenvalue weighted by Crippen LogP contribution is -2.34. The molecule has 1 N–H and O–H groups in total. The molecule has 1 nitrogen and oxygen atoms in total. The van der Waals surface area contributed by atoms with Gasteiger partial charge in [-0.2, -0.15) is 22.0 Å². The van der Waals surface area contributed by atoms with Crippen LogP contribution in [0.4, 0.5) is 33.3 Å². The third kappa shape index (κ3) is 2.74. The Kier molecular flexibility index (Phi) is 3.65. The van der Waals surface area contributed by atoms with E-state index in [2.05, 4.69) is 5.32 Å². The van der Waals surface area contributed by atoms with Gasteiger partial charge in [0.25, 0.3) is 0 Å². The van der Waals surface area contributed by atoms with Gasteiger partial charge in [0.15, 0.2) is 0 Å². The maximum absolute atomic E-state index is 13.5. The first-order valence-electron chi connectivity index (χ1n) is 5.68. The second-order valence-electron chi connectivity index (χ2n) is 4.11. The van der Waals surface area contributed by atoms with Crippen LogP contribution in [0, 0.1) is 0 Å². The van der Waals surface area contributed by atoms with E-state index in [1.165, 1.54) is 12.1 Å². The van der Waals surface area contributed by atoms with E-state index in [1.807, 2.05) is 0 Å². The molecule has 0 fully saturated rings. The molecule has 0 aromatic heterocycles. The summed E-state index contributed by atoms with van der Waals surface area (Å²) >= 11 is 0. The number of rotatable bonds is 3. The predicted molar refractivity (Wildman–Crippen MR) is 66.1 cm³/mol. The van der Waals surface area contributed by atoms with Gasteiger partial charge in [-0.1, -0.05) is 36.4 Å². The molecule has 0 bridgehead atoms. The summed E-state index contributed by atoms with van der Waals surface area (Å²) in [6.07, 6.45) is -5.64. The molecule has 106 valence electrons. The van der Waals surface area contributed by atoms with Crippen molar-refractivity contribution in [3.63, 3.8) is 0 Å². The van der Waals surface area contributed by atoms with E-state index in [4.69, 9.17) is 0 Å². The molecule has 0 unspecified atom stereocenters. The molecule has 0 heterocycles. The minimum atomic E-state index is -5.64. The molecular weight excluding hydrogens is 277 g/mol. The average molecular weight is 287 g/mol. The average Bonchev–Trinajstić information content (AvgIpc) is 2.39. The zero-order valence-electron chi connectivity index (χ0n) is 10.1. The third-order valence-corrected chi connectivity index (χ3v) is 2.67. The van der Waals surface area contributed by atoms with Crippen molar-refractivity contribution in [1.82, 2.24) is 0 Å². The zero-order valence-corrected chi connectivity index (χ0v) is 10.1. The van der Waals surface area contributed by atoms with Crippen molar-refractivity contribution in [3.8, 4) is 0 Å². The number of hydrogen-bond acceptors (Lipinski definition) is 1. The molecule has 0 saturated heterocycles. The van der Waals surface area contributed by atoms with Crippen LogP contribution in [0.3, 0.4) is 0 Å². The highest BCUT2D eigenvalue weighted by atomic mass is 19.4. The van der Waals surface area contributed by atoms with Crippen molar-refractivity contribution in [2.75, 3.05) is 5.32 Å². The largest absolute Gasteiger partial charge is 0.458 e. The van der Waals surface area contributed by atoms with E-state index in [0.717, 1.165) is 12.1 Å². The van der Waals surface area contributed by atoms with Gasteiger partial charge in [-0.3, -0.25) is 0 Å². The highest BCUT2D eigenvalue weighted by Gasteiger charge is 2.59. The van der Waals surface area contributed by atoms with Crippen molar-refractivity contribution in [2.24, 2.45) is 0 Å². The van der Waals surface area contributed by atoms with E-state index in [9.17, 15) is 22.0 Å². The van der Waals surface area contributed by atoms with E-state index in [0.29, 0.717) is 5.69 Å². The van der Waals surface area contributed by atoms with Gasteiger partial charge in [-0.15, -0.1) is 0 Å². The fourth-order valence-electron chi connectivity index (χ4n) is 1.70. The van der Waals surface area contributed by atoms with Crippen molar-refractivity contribution < 1.29 is 22.0 Å². The Hall–Kier alpha value is -2.11. The van der Waals surface area contributed by atoms with Gasteiger partial charge in [0.1, 0.15) is 0 Å². The van der Waals surface area contributed by atoms with E-state index in [1.54, 1.807) is 30.3 Å². The van der Waals surface area contributed by atoms with Crippen LogP contribution >= 0.6 is 0 Å². The minimum absolute atomic E-state index is 0.277. The van der Waals surface area contributed by atoms with Crippen molar-refractivity contribution in [3.05, 3.63) is 60.2 Å². The molecule has 0 radical (unpaired) electrons. The van der Waals surface area contributed by atoms with Gasteiger partial charge >= 0.3 is 12.1 Å². The number of para-hydroxylation sites is 2. The topological polar surface area (TPSA) is 12.0 Å². The Bertz CT molecular complexity index is 578. The third-order valence-electron chi connectivity index (χ3n) is 2.67. The lowest BCUT2D eigenvalue weighted by atomic mass is 10.1. The summed E-state index contributed by atoms with van der Waals surface area (Å²) in [6, 6.07) is 12.6. The molecule has 2 aromatic rings. The number of anilines is 2. The molecule has 0 saturated carbocycles. The predicted octanol–water partition coefficient (Wildman–Crippen LogP) is 5.08. The minimum Gasteiger partial charge on any atom is -0.355 e. The van der Waals surface area contributed by atoms with E-state index >= 15 is 0 Å². The highest BCUT2D eigenvalue weighted by Crippen LogP contribution is 2.46. The molecule has 2 aromatic carbocycles. The Labute approximate surface area is 112 Å². The van der Waals surface area contributed by atoms with Gasteiger partial charge in [-0.05, 0) is 18.2 Å². The Balaban J connectivity index is 2.42. The van der Waals surface area contributed by atoms with Gasteiger partial charge < -0.3 is 5.32 Å². The van der Waals surface area contributed by atoms with Gasteiger partial charge in [0.05, 0.1) is 5.56 Å². The van der Waals surface area contributed by atoms with Crippen molar-refractivity contribution >= 4 is 11.4 Å². The van der Waals surface area contributed by atoms with E-state index < -0.39 is 17.7 Å². The van der Waals surface area contributed by atoms with E-state index in [-0.39, 0.29) is 5.69 Å². The monoisotopic (exact) mass is 287 g/mol. The molecular formula is C14H10F5N. The summed E-state index contributed by atoms with van der Waals surface area (Å²) in [5, 5.41) is 2.57. The molecule has 6 heteroatoms. The number of halogens is 5. The van der Waals surface area contributed by atoms with Crippen LogP contribution < -0.4 is 5.32 Å². The Morgan fingerprint density at radius 2 is 1.25 bits per heavy atom. The zero-order chi connectivity index (χ0) is 14.8. The van der Waals surface area contributed by atoms with Gasteiger partial charge in [-0.25, -0.2) is 0 Å². The fraction of sp³-hybridized carbons (Fsp3) is 0.143. The molecule has 0 aliphatic heterocycles. The summed E-state index contributed by atoms with van der Waals surface area (Å²) < 4.78 is 64.3. The maximum Gasteiger partial charge on any atom is 0.458 e. The number of nitrogens with one attached hydrogen (secondary N) is 1. The first kappa shape index (κ1) is 14.3. The Morgan fingerprint density at radius 3 is 1.85 bits per heavy atom. The first-order valence-corrected chi connectivity index (χ1v) is 5.68. The van der Waals surface area contributed by atoms with Crippen LogP contribution in [0.15, 0.2) is 54.6 Å². The molecule has 0 atom stereocenters.